The standard InChI is InChI=1S/C18H20N4O3S/c1-10(2)17-20-21-18(22(17)12-4-5-12)26-9-14(23)11-3-6-15-13(7-11)19-16(24)8-25-15/h3,6-7,10,12H,4-5,8-9H2,1-2H3,(H,19,24). The summed E-state index contributed by atoms with van der Waals surface area (Å²) in [5, 5.41) is 12.1. The highest BCUT2D eigenvalue weighted by atomic mass is 32.2. The van der Waals surface area contributed by atoms with Gasteiger partial charge in [-0.15, -0.1) is 10.2 Å². The molecule has 2 aromatic rings. The maximum absolute atomic E-state index is 12.6. The maximum atomic E-state index is 12.6. The van der Waals surface area contributed by atoms with Crippen molar-refractivity contribution in [2.75, 3.05) is 17.7 Å². The van der Waals surface area contributed by atoms with Gasteiger partial charge in [0.2, 0.25) is 0 Å². The fourth-order valence-corrected chi connectivity index (χ4v) is 3.83. The maximum Gasteiger partial charge on any atom is 0.262 e. The lowest BCUT2D eigenvalue weighted by atomic mass is 10.1. The number of thioether (sulfide) groups is 1. The quantitative estimate of drug-likeness (QED) is 0.620. The van der Waals surface area contributed by atoms with Gasteiger partial charge in [0.25, 0.3) is 5.91 Å². The van der Waals surface area contributed by atoms with Crippen molar-refractivity contribution < 1.29 is 14.3 Å². The predicted octanol–water partition coefficient (Wildman–Crippen LogP) is 3.04. The highest BCUT2D eigenvalue weighted by Crippen LogP contribution is 2.40. The lowest BCUT2D eigenvalue weighted by molar-refractivity contribution is -0.118. The molecule has 1 aromatic carbocycles. The van der Waals surface area contributed by atoms with Crippen molar-refractivity contribution in [3.05, 3.63) is 29.6 Å². The molecule has 1 saturated carbocycles. The Bertz CT molecular complexity index is 873. The van der Waals surface area contributed by atoms with Gasteiger partial charge in [-0.25, -0.2) is 0 Å². The molecule has 0 bridgehead atoms. The van der Waals surface area contributed by atoms with Crippen LogP contribution in [-0.4, -0.2) is 38.8 Å². The zero-order chi connectivity index (χ0) is 18.3. The number of carbonyl (C=O) groups excluding carboxylic acids is 2. The highest BCUT2D eigenvalue weighted by Gasteiger charge is 2.30. The third-order valence-corrected chi connectivity index (χ3v) is 5.33. The fourth-order valence-electron chi connectivity index (χ4n) is 2.93. The molecule has 1 N–H and O–H groups in total. The van der Waals surface area contributed by atoms with Crippen molar-refractivity contribution in [3.8, 4) is 5.75 Å². The third-order valence-electron chi connectivity index (χ3n) is 4.39. The number of anilines is 1. The van der Waals surface area contributed by atoms with Crippen LogP contribution in [0.5, 0.6) is 5.75 Å². The Morgan fingerprint density at radius 3 is 2.92 bits per heavy atom. The first-order valence-electron chi connectivity index (χ1n) is 8.70. The molecule has 2 heterocycles. The van der Waals surface area contributed by atoms with Gasteiger partial charge in [0.05, 0.1) is 11.4 Å². The highest BCUT2D eigenvalue weighted by molar-refractivity contribution is 7.99. The van der Waals surface area contributed by atoms with Gasteiger partial charge in [-0.3, -0.25) is 9.59 Å². The first-order valence-corrected chi connectivity index (χ1v) is 9.69. The van der Waals surface area contributed by atoms with E-state index in [1.54, 1.807) is 18.2 Å². The lowest BCUT2D eigenvalue weighted by Gasteiger charge is -2.18. The minimum absolute atomic E-state index is 0.00511. The molecule has 0 spiro atoms. The minimum atomic E-state index is -0.213. The number of Topliss-reactive ketones (excluding diaryl/α,β-unsaturated/α-hetero) is 1. The number of carbonyl (C=O) groups is 2. The van der Waals surface area contributed by atoms with E-state index in [1.165, 1.54) is 11.8 Å². The molecular weight excluding hydrogens is 352 g/mol. The molecule has 2 aliphatic rings. The number of rotatable bonds is 6. The van der Waals surface area contributed by atoms with Crippen LogP contribution in [0.2, 0.25) is 0 Å². The van der Waals surface area contributed by atoms with Crippen molar-refractivity contribution in [1.82, 2.24) is 14.8 Å². The second kappa shape index (κ2) is 6.75. The summed E-state index contributed by atoms with van der Waals surface area (Å²) in [7, 11) is 0. The first kappa shape index (κ1) is 17.1. The summed E-state index contributed by atoms with van der Waals surface area (Å²) in [6, 6.07) is 5.58. The smallest absolute Gasteiger partial charge is 0.262 e. The monoisotopic (exact) mass is 372 g/mol. The molecule has 1 aliphatic carbocycles. The Morgan fingerprint density at radius 2 is 2.19 bits per heavy atom. The molecule has 4 rings (SSSR count). The second-order valence-electron chi connectivity index (χ2n) is 6.86. The topological polar surface area (TPSA) is 86.1 Å². The number of hydrogen-bond acceptors (Lipinski definition) is 6. The summed E-state index contributed by atoms with van der Waals surface area (Å²) in [6.07, 6.45) is 2.29. The first-order chi connectivity index (χ1) is 12.5. The zero-order valence-electron chi connectivity index (χ0n) is 14.7. The molecule has 1 aliphatic heterocycles. The van der Waals surface area contributed by atoms with Gasteiger partial charge in [0.15, 0.2) is 17.5 Å². The predicted molar refractivity (Wildman–Crippen MR) is 98.0 cm³/mol. The number of nitrogens with zero attached hydrogens (tertiary/aromatic N) is 3. The van der Waals surface area contributed by atoms with Crippen LogP contribution in [0.1, 0.15) is 54.8 Å². The molecular formula is C18H20N4O3S. The number of aromatic nitrogens is 3. The van der Waals surface area contributed by atoms with Gasteiger partial charge in [-0.1, -0.05) is 25.6 Å². The van der Waals surface area contributed by atoms with Crippen molar-refractivity contribution >= 4 is 29.1 Å². The molecule has 1 aromatic heterocycles. The van der Waals surface area contributed by atoms with E-state index in [0.29, 0.717) is 29.0 Å². The van der Waals surface area contributed by atoms with Gasteiger partial charge in [0.1, 0.15) is 11.6 Å². The van der Waals surface area contributed by atoms with E-state index in [-0.39, 0.29) is 24.1 Å². The van der Waals surface area contributed by atoms with Crippen molar-refractivity contribution in [3.63, 3.8) is 0 Å². The molecule has 0 atom stereocenters. The minimum Gasteiger partial charge on any atom is -0.482 e. The van der Waals surface area contributed by atoms with E-state index >= 15 is 0 Å². The average molecular weight is 372 g/mol. The average Bonchev–Trinajstić information content (AvgIpc) is 3.37. The Morgan fingerprint density at radius 1 is 1.38 bits per heavy atom. The van der Waals surface area contributed by atoms with E-state index in [1.807, 2.05) is 0 Å². The summed E-state index contributed by atoms with van der Waals surface area (Å²) in [5.41, 5.74) is 1.09. The molecule has 1 fully saturated rings. The molecule has 8 heteroatoms. The number of hydrogen-bond donors (Lipinski definition) is 1. The van der Waals surface area contributed by atoms with Gasteiger partial charge < -0.3 is 14.6 Å². The van der Waals surface area contributed by atoms with E-state index in [4.69, 9.17) is 4.74 Å². The molecule has 0 radical (unpaired) electrons. The zero-order valence-corrected chi connectivity index (χ0v) is 15.5. The van der Waals surface area contributed by atoms with Crippen LogP contribution in [0.15, 0.2) is 23.4 Å². The Kier molecular flexibility index (Phi) is 4.44. The number of ether oxygens (including phenoxy) is 1. The van der Waals surface area contributed by atoms with Crippen molar-refractivity contribution in [2.24, 2.45) is 0 Å². The molecule has 136 valence electrons. The summed E-state index contributed by atoms with van der Waals surface area (Å²) in [4.78, 5) is 24.0. The van der Waals surface area contributed by atoms with Crippen LogP contribution in [0, 0.1) is 0 Å². The van der Waals surface area contributed by atoms with Crippen LogP contribution < -0.4 is 10.1 Å². The van der Waals surface area contributed by atoms with Gasteiger partial charge in [-0.05, 0) is 31.0 Å². The number of amides is 1. The van der Waals surface area contributed by atoms with Crippen LogP contribution in [-0.2, 0) is 4.79 Å². The van der Waals surface area contributed by atoms with E-state index in [9.17, 15) is 9.59 Å². The SMILES string of the molecule is CC(C)c1nnc(SCC(=O)c2ccc3c(c2)NC(=O)CO3)n1C1CC1. The molecule has 0 saturated heterocycles. The Balaban J connectivity index is 1.48. The fraction of sp³-hybridized carbons (Fsp3) is 0.444. The Hall–Kier alpha value is -2.35. The number of fused-ring (bicyclic) bond motifs is 1. The number of nitrogens with one attached hydrogen (secondary N) is 1. The van der Waals surface area contributed by atoms with Crippen molar-refractivity contribution in [2.45, 2.75) is 43.8 Å². The summed E-state index contributed by atoms with van der Waals surface area (Å²) >= 11 is 1.42. The molecule has 0 unspecified atom stereocenters. The number of benzene rings is 1. The van der Waals surface area contributed by atoms with Crippen LogP contribution >= 0.6 is 11.8 Å². The largest absolute Gasteiger partial charge is 0.482 e. The van der Waals surface area contributed by atoms with Crippen LogP contribution in [0.25, 0.3) is 0 Å². The van der Waals surface area contributed by atoms with Gasteiger partial charge in [-0.2, -0.15) is 0 Å². The summed E-state index contributed by atoms with van der Waals surface area (Å²) in [5.74, 6) is 1.91. The summed E-state index contributed by atoms with van der Waals surface area (Å²) in [6.45, 7) is 4.21. The normalized spacial score (nSPS) is 16.2. The second-order valence-corrected chi connectivity index (χ2v) is 7.80. The number of ketones is 1. The molecule has 26 heavy (non-hydrogen) atoms. The van der Waals surface area contributed by atoms with Gasteiger partial charge in [0, 0.05) is 17.5 Å². The van der Waals surface area contributed by atoms with E-state index < -0.39 is 0 Å². The van der Waals surface area contributed by atoms with E-state index in [0.717, 1.165) is 23.8 Å². The van der Waals surface area contributed by atoms with E-state index in [2.05, 4.69) is 33.9 Å². The van der Waals surface area contributed by atoms with Crippen molar-refractivity contribution in [1.29, 1.82) is 0 Å². The third kappa shape index (κ3) is 3.33. The lowest BCUT2D eigenvalue weighted by Crippen LogP contribution is -2.25. The van der Waals surface area contributed by atoms with Gasteiger partial charge >= 0.3 is 0 Å². The van der Waals surface area contributed by atoms with Crippen LogP contribution in [0.3, 0.4) is 0 Å². The molecule has 7 nitrogen and oxygen atoms in total. The summed E-state index contributed by atoms with van der Waals surface area (Å²) < 4.78 is 7.51. The Labute approximate surface area is 155 Å². The van der Waals surface area contributed by atoms with Crippen LogP contribution in [0.4, 0.5) is 5.69 Å². The molecule has 1 amide bonds.